The lowest BCUT2D eigenvalue weighted by atomic mass is 9.88. The number of aromatic nitrogens is 1. The van der Waals surface area contributed by atoms with Gasteiger partial charge in [0, 0.05) is 22.4 Å². The summed E-state index contributed by atoms with van der Waals surface area (Å²) in [5.41, 5.74) is 5.13. The van der Waals surface area contributed by atoms with E-state index < -0.39 is 32.2 Å². The van der Waals surface area contributed by atoms with Gasteiger partial charge in [-0.25, -0.2) is 13.4 Å². The maximum atomic E-state index is 13.0. The van der Waals surface area contributed by atoms with E-state index in [1.54, 1.807) is 44.5 Å². The Morgan fingerprint density at radius 3 is 2.67 bits per heavy atom. The zero-order valence-corrected chi connectivity index (χ0v) is 20.4. The number of thiazole rings is 1. The third-order valence-corrected chi connectivity index (χ3v) is 9.12. The van der Waals surface area contributed by atoms with E-state index in [1.807, 2.05) is 29.6 Å². The number of benzene rings is 2. The van der Waals surface area contributed by atoms with E-state index in [0.29, 0.717) is 35.5 Å². The van der Waals surface area contributed by atoms with Crippen LogP contribution in [0.2, 0.25) is 0 Å². The largest absolute Gasteiger partial charge is 0.493 e. The molecule has 0 saturated carbocycles. The summed E-state index contributed by atoms with van der Waals surface area (Å²) in [4.78, 5) is 17.3. The highest BCUT2D eigenvalue weighted by Gasteiger charge is 2.33. The number of sulfone groups is 1. The molecule has 6 nitrogen and oxygen atoms in total. The standard InChI is InChI=1S/C25H27NO5S2/c1-25(2,3)33(29,30)14-22(27)20-7-5-4-6-19(20)16-8-9-21-23(11-16)31-12-17(24(21)28)10-18-13-32-15-26-18/h4-9,11,13,15,17,24,28H,10,12,14H2,1-3H3/t17-,24+/m1/s1. The molecular weight excluding hydrogens is 458 g/mol. The van der Waals surface area contributed by atoms with Gasteiger partial charge in [-0.3, -0.25) is 4.79 Å². The van der Waals surface area contributed by atoms with Crippen molar-refractivity contribution in [3.8, 4) is 16.9 Å². The SMILES string of the molecule is CC(C)(C)S(=O)(=O)CC(=O)c1ccccc1-c1ccc2c(c1)OC[C@@H](Cc1cscn1)[C@@H]2O. The van der Waals surface area contributed by atoms with Crippen molar-refractivity contribution in [1.29, 1.82) is 0 Å². The summed E-state index contributed by atoms with van der Waals surface area (Å²) >= 11 is 1.52. The molecular formula is C25H27NO5S2. The van der Waals surface area contributed by atoms with E-state index >= 15 is 0 Å². The number of carbonyl (C=O) groups excluding carboxylic acids is 1. The lowest BCUT2D eigenvalue weighted by molar-refractivity contribution is 0.0504. The van der Waals surface area contributed by atoms with Gasteiger partial charge in [0.05, 0.1) is 28.7 Å². The molecule has 4 rings (SSSR count). The summed E-state index contributed by atoms with van der Waals surface area (Å²) in [6, 6.07) is 12.4. The van der Waals surface area contributed by atoms with E-state index in [4.69, 9.17) is 4.74 Å². The number of hydrogen-bond acceptors (Lipinski definition) is 7. The number of fused-ring (bicyclic) bond motifs is 1. The Labute approximate surface area is 198 Å². The molecule has 0 amide bonds. The second-order valence-corrected chi connectivity index (χ2v) is 12.8. The summed E-state index contributed by atoms with van der Waals surface area (Å²) in [7, 11) is -3.61. The zero-order valence-electron chi connectivity index (χ0n) is 18.8. The molecule has 33 heavy (non-hydrogen) atoms. The first-order valence-electron chi connectivity index (χ1n) is 10.7. The summed E-state index contributed by atoms with van der Waals surface area (Å²) in [5, 5.41) is 12.9. The van der Waals surface area contributed by atoms with Gasteiger partial charge in [-0.05, 0) is 44.4 Å². The van der Waals surface area contributed by atoms with Gasteiger partial charge in [-0.2, -0.15) is 0 Å². The van der Waals surface area contributed by atoms with E-state index in [2.05, 4.69) is 4.98 Å². The maximum Gasteiger partial charge on any atom is 0.178 e. The molecule has 2 heterocycles. The molecule has 0 spiro atoms. The van der Waals surface area contributed by atoms with Crippen LogP contribution in [0.4, 0.5) is 0 Å². The van der Waals surface area contributed by atoms with Crippen molar-refractivity contribution in [3.63, 3.8) is 0 Å². The quantitative estimate of drug-likeness (QED) is 0.517. The number of Topliss-reactive ketones (excluding diaryl/α,β-unsaturated/α-hetero) is 1. The number of aliphatic hydroxyl groups is 1. The molecule has 0 saturated heterocycles. The first-order valence-corrected chi connectivity index (χ1v) is 13.3. The Morgan fingerprint density at radius 2 is 1.97 bits per heavy atom. The number of carbonyl (C=O) groups is 1. The highest BCUT2D eigenvalue weighted by atomic mass is 32.2. The molecule has 174 valence electrons. The summed E-state index contributed by atoms with van der Waals surface area (Å²) in [6.45, 7) is 5.14. The molecule has 1 aliphatic heterocycles. The molecule has 0 aliphatic carbocycles. The van der Waals surface area contributed by atoms with Crippen molar-refractivity contribution in [2.75, 3.05) is 12.4 Å². The van der Waals surface area contributed by atoms with Crippen molar-refractivity contribution in [2.24, 2.45) is 5.92 Å². The fraction of sp³-hybridized carbons (Fsp3) is 0.360. The lowest BCUT2D eigenvalue weighted by Gasteiger charge is -2.30. The summed E-state index contributed by atoms with van der Waals surface area (Å²) in [6.07, 6.45) is -0.0517. The van der Waals surface area contributed by atoms with Crippen LogP contribution in [0.5, 0.6) is 5.75 Å². The van der Waals surface area contributed by atoms with Crippen molar-refractivity contribution >= 4 is 27.0 Å². The first-order chi connectivity index (χ1) is 15.6. The Bertz CT molecular complexity index is 1260. The molecule has 0 radical (unpaired) electrons. The number of ketones is 1. The predicted molar refractivity (Wildman–Crippen MR) is 130 cm³/mol. The molecule has 8 heteroatoms. The summed E-state index contributed by atoms with van der Waals surface area (Å²) < 4.78 is 30.1. The third-order valence-electron chi connectivity index (χ3n) is 5.98. The molecule has 2 aromatic carbocycles. The van der Waals surface area contributed by atoms with Crippen LogP contribution in [0.1, 0.15) is 48.5 Å². The van der Waals surface area contributed by atoms with Crippen LogP contribution in [0.25, 0.3) is 11.1 Å². The van der Waals surface area contributed by atoms with Crippen LogP contribution in [0.3, 0.4) is 0 Å². The average molecular weight is 486 g/mol. The van der Waals surface area contributed by atoms with Crippen LogP contribution >= 0.6 is 11.3 Å². The molecule has 3 aromatic rings. The van der Waals surface area contributed by atoms with Gasteiger partial charge >= 0.3 is 0 Å². The van der Waals surface area contributed by atoms with Crippen LogP contribution < -0.4 is 4.74 Å². The monoisotopic (exact) mass is 485 g/mol. The topological polar surface area (TPSA) is 93.6 Å². The normalized spacial score (nSPS) is 18.4. The predicted octanol–water partition coefficient (Wildman–Crippen LogP) is 4.49. The second-order valence-electron chi connectivity index (χ2n) is 9.29. The van der Waals surface area contributed by atoms with Crippen molar-refractivity contribution in [1.82, 2.24) is 4.98 Å². The van der Waals surface area contributed by atoms with Gasteiger partial charge in [0.1, 0.15) is 11.5 Å². The van der Waals surface area contributed by atoms with Crippen molar-refractivity contribution in [2.45, 2.75) is 38.0 Å². The van der Waals surface area contributed by atoms with Gasteiger partial charge in [0.15, 0.2) is 15.6 Å². The molecule has 1 aliphatic rings. The molecule has 1 aromatic heterocycles. The average Bonchev–Trinajstić information content (AvgIpc) is 3.27. The highest BCUT2D eigenvalue weighted by Crippen LogP contribution is 2.39. The van der Waals surface area contributed by atoms with Gasteiger partial charge in [-0.15, -0.1) is 11.3 Å². The van der Waals surface area contributed by atoms with Gasteiger partial charge in [0.2, 0.25) is 0 Å². The number of hydrogen-bond donors (Lipinski definition) is 1. The maximum absolute atomic E-state index is 13.0. The fourth-order valence-electron chi connectivity index (χ4n) is 3.84. The lowest BCUT2D eigenvalue weighted by Crippen LogP contribution is -2.33. The molecule has 0 unspecified atom stereocenters. The molecule has 0 fully saturated rings. The molecule has 0 bridgehead atoms. The Balaban J connectivity index is 1.61. The highest BCUT2D eigenvalue weighted by molar-refractivity contribution is 7.93. The van der Waals surface area contributed by atoms with Gasteiger partial charge in [-0.1, -0.05) is 36.4 Å². The number of ether oxygens (including phenoxy) is 1. The van der Waals surface area contributed by atoms with E-state index in [9.17, 15) is 18.3 Å². The molecule has 2 atom stereocenters. The minimum absolute atomic E-state index is 0.0954. The van der Waals surface area contributed by atoms with Crippen molar-refractivity contribution < 1.29 is 23.1 Å². The molecule has 1 N–H and O–H groups in total. The third kappa shape index (κ3) is 4.88. The Morgan fingerprint density at radius 1 is 1.21 bits per heavy atom. The number of aliphatic hydroxyl groups excluding tert-OH is 1. The zero-order chi connectivity index (χ0) is 23.8. The van der Waals surface area contributed by atoms with E-state index in [-0.39, 0.29) is 5.92 Å². The Kier molecular flexibility index (Phi) is 6.44. The van der Waals surface area contributed by atoms with E-state index in [1.165, 1.54) is 11.3 Å². The smallest absolute Gasteiger partial charge is 0.178 e. The van der Waals surface area contributed by atoms with E-state index in [0.717, 1.165) is 11.3 Å². The van der Waals surface area contributed by atoms with Crippen molar-refractivity contribution in [3.05, 3.63) is 70.2 Å². The van der Waals surface area contributed by atoms with Crippen LogP contribution in [-0.2, 0) is 16.3 Å². The van der Waals surface area contributed by atoms with Crippen LogP contribution in [-0.4, -0.2) is 41.4 Å². The minimum atomic E-state index is -3.61. The number of nitrogens with zero attached hydrogens (tertiary/aromatic N) is 1. The summed E-state index contributed by atoms with van der Waals surface area (Å²) in [5.74, 6) is -0.519. The Hall–Kier alpha value is -2.55. The first kappa shape index (κ1) is 23.6. The van der Waals surface area contributed by atoms with Gasteiger partial charge < -0.3 is 9.84 Å². The fourth-order valence-corrected chi connectivity index (χ4v) is 5.34. The van der Waals surface area contributed by atoms with Crippen LogP contribution in [0, 0.1) is 5.92 Å². The van der Waals surface area contributed by atoms with Gasteiger partial charge in [0.25, 0.3) is 0 Å². The van der Waals surface area contributed by atoms with Crippen LogP contribution in [0.15, 0.2) is 53.4 Å². The second kappa shape index (κ2) is 9.00. The minimum Gasteiger partial charge on any atom is -0.493 e. The number of rotatable bonds is 6.